The van der Waals surface area contributed by atoms with Gasteiger partial charge in [0.1, 0.15) is 17.0 Å². The molecule has 2 aromatic heterocycles. The number of halogens is 3. The zero-order valence-electron chi connectivity index (χ0n) is 18.6. The first-order valence-electron chi connectivity index (χ1n) is 10.7. The van der Waals surface area contributed by atoms with Crippen molar-refractivity contribution in [1.29, 1.82) is 0 Å². The molecule has 1 fully saturated rings. The van der Waals surface area contributed by atoms with Gasteiger partial charge in [-0.2, -0.15) is 18.2 Å². The van der Waals surface area contributed by atoms with Crippen molar-refractivity contribution in [3.8, 4) is 5.69 Å². The van der Waals surface area contributed by atoms with Crippen molar-refractivity contribution in [2.75, 3.05) is 42.5 Å². The molecular formula is C22H26F3N7O. The number of aromatic nitrogens is 3. The molecule has 8 nitrogen and oxygen atoms in total. The number of hydrogen-bond donors (Lipinski definition) is 2. The van der Waals surface area contributed by atoms with Crippen LogP contribution in [0, 0.1) is 6.92 Å². The predicted octanol–water partition coefficient (Wildman–Crippen LogP) is 2.80. The van der Waals surface area contributed by atoms with E-state index in [1.54, 1.807) is 19.1 Å². The number of fused-ring (bicyclic) bond motifs is 1. The van der Waals surface area contributed by atoms with Crippen molar-refractivity contribution >= 4 is 28.4 Å². The Morgan fingerprint density at radius 3 is 2.39 bits per heavy atom. The van der Waals surface area contributed by atoms with Crippen molar-refractivity contribution in [2.24, 2.45) is 0 Å². The van der Waals surface area contributed by atoms with Crippen molar-refractivity contribution in [3.63, 3.8) is 0 Å². The summed E-state index contributed by atoms with van der Waals surface area (Å²) in [6.07, 6.45) is -4.83. The molecule has 1 aliphatic heterocycles. The summed E-state index contributed by atoms with van der Waals surface area (Å²) in [4.78, 5) is 26.1. The van der Waals surface area contributed by atoms with Gasteiger partial charge in [0.15, 0.2) is 0 Å². The maximum atomic E-state index is 14.0. The SMILES string of the molecule is CCN(CC)C1CN(c2nc(N)c3cc(C(F)(F)F)n(-c4c(C)cccc4N)c(=O)c3n2)C1. The van der Waals surface area contributed by atoms with Gasteiger partial charge in [0.2, 0.25) is 5.95 Å². The number of nitrogens with two attached hydrogens (primary N) is 2. The fraction of sp³-hybridized carbons (Fsp3) is 0.409. The van der Waals surface area contributed by atoms with Crippen molar-refractivity contribution in [3.05, 3.63) is 45.9 Å². The largest absolute Gasteiger partial charge is 0.431 e. The molecule has 0 unspecified atom stereocenters. The number of likely N-dealkylation sites (N-methyl/N-ethyl adjacent to an activating group) is 1. The molecule has 0 amide bonds. The number of hydrogen-bond acceptors (Lipinski definition) is 7. The molecule has 0 spiro atoms. The zero-order chi connectivity index (χ0) is 24.1. The van der Waals surface area contributed by atoms with Gasteiger partial charge in [-0.1, -0.05) is 26.0 Å². The Labute approximate surface area is 188 Å². The Hall–Kier alpha value is -3.34. The van der Waals surface area contributed by atoms with Gasteiger partial charge in [-0.3, -0.25) is 14.3 Å². The summed E-state index contributed by atoms with van der Waals surface area (Å²) in [5, 5.41) is -0.139. The second kappa shape index (κ2) is 8.22. The number of pyridine rings is 1. The molecule has 1 saturated heterocycles. The van der Waals surface area contributed by atoms with E-state index in [1.165, 1.54) is 6.07 Å². The van der Waals surface area contributed by atoms with Crippen LogP contribution in [0.4, 0.5) is 30.6 Å². The Kier molecular flexibility index (Phi) is 5.69. The van der Waals surface area contributed by atoms with Gasteiger partial charge in [-0.25, -0.2) is 4.98 Å². The van der Waals surface area contributed by atoms with Crippen LogP contribution in [0.15, 0.2) is 29.1 Å². The number of alkyl halides is 3. The summed E-state index contributed by atoms with van der Waals surface area (Å²) in [7, 11) is 0. The van der Waals surface area contributed by atoms with E-state index in [0.29, 0.717) is 29.3 Å². The third-order valence-electron chi connectivity index (χ3n) is 6.15. The number of anilines is 3. The van der Waals surface area contributed by atoms with Gasteiger partial charge in [-0.15, -0.1) is 0 Å². The van der Waals surface area contributed by atoms with E-state index in [0.717, 1.165) is 19.2 Å². The van der Waals surface area contributed by atoms with E-state index >= 15 is 0 Å². The number of nitrogens with zero attached hydrogens (tertiary/aromatic N) is 5. The molecule has 0 aliphatic carbocycles. The summed E-state index contributed by atoms with van der Waals surface area (Å²) >= 11 is 0. The van der Waals surface area contributed by atoms with E-state index in [-0.39, 0.29) is 34.0 Å². The molecule has 3 aromatic rings. The van der Waals surface area contributed by atoms with Crippen LogP contribution in [0.1, 0.15) is 25.1 Å². The summed E-state index contributed by atoms with van der Waals surface area (Å²) < 4.78 is 42.6. The fourth-order valence-electron chi connectivity index (χ4n) is 4.35. The minimum Gasteiger partial charge on any atom is -0.397 e. The molecule has 176 valence electrons. The monoisotopic (exact) mass is 461 g/mol. The maximum absolute atomic E-state index is 14.0. The van der Waals surface area contributed by atoms with Crippen molar-refractivity contribution < 1.29 is 13.2 Å². The van der Waals surface area contributed by atoms with Crippen LogP contribution in [0.25, 0.3) is 16.6 Å². The van der Waals surface area contributed by atoms with Gasteiger partial charge < -0.3 is 16.4 Å². The standard InChI is InChI=1S/C22H26F3N7O/c1-4-30(5-2)13-10-31(11-13)21-28-17-14(19(27)29-21)9-16(22(23,24)25)32(20(17)33)18-12(3)7-6-8-15(18)26/h6-9,13H,4-5,10-11,26H2,1-3H3,(H2,27,28,29). The average molecular weight is 461 g/mol. The predicted molar refractivity (Wildman–Crippen MR) is 123 cm³/mol. The van der Waals surface area contributed by atoms with E-state index in [1.807, 2.05) is 4.90 Å². The zero-order valence-corrected chi connectivity index (χ0v) is 18.6. The number of nitrogen functional groups attached to an aromatic ring is 2. The van der Waals surface area contributed by atoms with Gasteiger partial charge in [0.05, 0.1) is 16.8 Å². The van der Waals surface area contributed by atoms with Crippen LogP contribution in [-0.2, 0) is 6.18 Å². The second-order valence-electron chi connectivity index (χ2n) is 8.13. The van der Waals surface area contributed by atoms with Crippen molar-refractivity contribution in [1.82, 2.24) is 19.4 Å². The molecule has 11 heteroatoms. The normalized spacial score (nSPS) is 14.8. The third-order valence-corrected chi connectivity index (χ3v) is 6.15. The van der Waals surface area contributed by atoms with Crippen LogP contribution in [0.2, 0.25) is 0 Å². The van der Waals surface area contributed by atoms with Crippen LogP contribution >= 0.6 is 0 Å². The summed E-state index contributed by atoms with van der Waals surface area (Å²) in [5.74, 6) is 0.0540. The first kappa shape index (κ1) is 22.8. The van der Waals surface area contributed by atoms with E-state index in [9.17, 15) is 18.0 Å². The van der Waals surface area contributed by atoms with Gasteiger partial charge >= 0.3 is 6.18 Å². The molecule has 0 saturated carbocycles. The molecule has 0 atom stereocenters. The Morgan fingerprint density at radius 2 is 1.82 bits per heavy atom. The summed E-state index contributed by atoms with van der Waals surface area (Å²) in [6, 6.07) is 5.79. The molecule has 33 heavy (non-hydrogen) atoms. The molecule has 1 aromatic carbocycles. The first-order chi connectivity index (χ1) is 15.6. The highest BCUT2D eigenvalue weighted by molar-refractivity contribution is 5.89. The quantitative estimate of drug-likeness (QED) is 0.563. The fourth-order valence-corrected chi connectivity index (χ4v) is 4.35. The minimum absolute atomic E-state index is 0.0268. The minimum atomic E-state index is -4.83. The lowest BCUT2D eigenvalue weighted by Gasteiger charge is -2.44. The average Bonchev–Trinajstić information content (AvgIpc) is 2.71. The second-order valence-corrected chi connectivity index (χ2v) is 8.13. The summed E-state index contributed by atoms with van der Waals surface area (Å²) in [6.45, 7) is 8.84. The van der Waals surface area contributed by atoms with Crippen molar-refractivity contribution in [2.45, 2.75) is 33.0 Å². The van der Waals surface area contributed by atoms with Crippen LogP contribution < -0.4 is 21.9 Å². The number of aryl methyl sites for hydroxylation is 1. The topological polar surface area (TPSA) is 106 Å². The van der Waals surface area contributed by atoms with Crippen LogP contribution in [0.3, 0.4) is 0 Å². The number of para-hydroxylation sites is 1. The van der Waals surface area contributed by atoms with E-state index < -0.39 is 17.4 Å². The maximum Gasteiger partial charge on any atom is 0.431 e. The molecule has 0 radical (unpaired) electrons. The first-order valence-corrected chi connectivity index (χ1v) is 10.7. The van der Waals surface area contributed by atoms with Crippen LogP contribution in [-0.4, -0.2) is 51.7 Å². The van der Waals surface area contributed by atoms with Gasteiger partial charge in [0, 0.05) is 19.1 Å². The lowest BCUT2D eigenvalue weighted by atomic mass is 10.1. The number of benzene rings is 1. The molecule has 0 bridgehead atoms. The van der Waals surface area contributed by atoms with Gasteiger partial charge in [-0.05, 0) is 37.7 Å². The molecule has 4 rings (SSSR count). The Balaban J connectivity index is 1.90. The highest BCUT2D eigenvalue weighted by atomic mass is 19.4. The Morgan fingerprint density at radius 1 is 1.15 bits per heavy atom. The number of rotatable bonds is 5. The lowest BCUT2D eigenvalue weighted by molar-refractivity contribution is -0.142. The molecule has 3 heterocycles. The van der Waals surface area contributed by atoms with E-state index in [2.05, 4.69) is 28.7 Å². The lowest BCUT2D eigenvalue weighted by Crippen LogP contribution is -2.60. The molecule has 1 aliphatic rings. The highest BCUT2D eigenvalue weighted by Crippen LogP contribution is 2.35. The molecular weight excluding hydrogens is 435 g/mol. The highest BCUT2D eigenvalue weighted by Gasteiger charge is 2.38. The smallest absolute Gasteiger partial charge is 0.397 e. The van der Waals surface area contributed by atoms with Crippen LogP contribution in [0.5, 0.6) is 0 Å². The Bertz CT molecular complexity index is 1240. The van der Waals surface area contributed by atoms with E-state index in [4.69, 9.17) is 11.5 Å². The third kappa shape index (κ3) is 3.86. The molecule has 4 N–H and O–H groups in total. The summed E-state index contributed by atoms with van der Waals surface area (Å²) in [5.41, 5.74) is 10.1. The van der Waals surface area contributed by atoms with Gasteiger partial charge in [0.25, 0.3) is 5.56 Å².